The van der Waals surface area contributed by atoms with Gasteiger partial charge in [-0.2, -0.15) is 17.7 Å². The molecule has 0 bridgehead atoms. The number of anilines is 1. The molecule has 24 heavy (non-hydrogen) atoms. The minimum atomic E-state index is -4.65. The van der Waals surface area contributed by atoms with Crippen molar-refractivity contribution >= 4 is 21.5 Å². The van der Waals surface area contributed by atoms with E-state index in [2.05, 4.69) is 20.6 Å². The predicted octanol–water partition coefficient (Wildman–Crippen LogP) is 0.979. The topological polar surface area (TPSA) is 92.5 Å². The lowest BCUT2D eigenvalue weighted by Gasteiger charge is -2.30. The lowest BCUT2D eigenvalue weighted by atomic mass is 10.1. The van der Waals surface area contributed by atoms with Crippen LogP contribution in [0.5, 0.6) is 0 Å². The average molecular weight is 364 g/mol. The van der Waals surface area contributed by atoms with Crippen molar-refractivity contribution < 1.29 is 21.6 Å². The summed E-state index contributed by atoms with van der Waals surface area (Å²) in [5.74, 6) is -0.932. The summed E-state index contributed by atoms with van der Waals surface area (Å²) in [6, 6.07) is 2.84. The van der Waals surface area contributed by atoms with E-state index in [1.807, 2.05) is 0 Å². The molecule has 1 aliphatic rings. The fourth-order valence-electron chi connectivity index (χ4n) is 2.58. The van der Waals surface area contributed by atoms with E-state index in [-0.39, 0.29) is 17.5 Å². The van der Waals surface area contributed by atoms with E-state index in [9.17, 15) is 21.6 Å². The van der Waals surface area contributed by atoms with Gasteiger partial charge in [-0.05, 0) is 25.0 Å². The number of hydrogen-bond donors (Lipinski definition) is 1. The van der Waals surface area contributed by atoms with Gasteiger partial charge in [0.2, 0.25) is 10.0 Å². The van der Waals surface area contributed by atoms with Gasteiger partial charge in [0.15, 0.2) is 5.65 Å². The quantitative estimate of drug-likeness (QED) is 0.873. The van der Waals surface area contributed by atoms with Crippen LogP contribution < -0.4 is 5.32 Å². The molecule has 2 aromatic heterocycles. The summed E-state index contributed by atoms with van der Waals surface area (Å²) in [7, 11) is -3.22. The van der Waals surface area contributed by atoms with Gasteiger partial charge in [0.25, 0.3) is 5.82 Å². The van der Waals surface area contributed by atoms with E-state index in [1.165, 1.54) is 16.4 Å². The van der Waals surface area contributed by atoms with Crippen LogP contribution in [-0.2, 0) is 16.2 Å². The summed E-state index contributed by atoms with van der Waals surface area (Å²) in [5.41, 5.74) is -0.000212. The number of hydrogen-bond acceptors (Lipinski definition) is 6. The maximum absolute atomic E-state index is 12.9. The molecule has 12 heteroatoms. The highest BCUT2D eigenvalue weighted by molar-refractivity contribution is 7.88. The van der Waals surface area contributed by atoms with Gasteiger partial charge < -0.3 is 5.32 Å². The Hall–Kier alpha value is -1.95. The highest BCUT2D eigenvalue weighted by Gasteiger charge is 2.37. The van der Waals surface area contributed by atoms with Crippen LogP contribution in [0.2, 0.25) is 0 Å². The Morgan fingerprint density at radius 1 is 1.21 bits per heavy atom. The molecule has 0 radical (unpaired) electrons. The predicted molar refractivity (Wildman–Crippen MR) is 78.8 cm³/mol. The molecule has 1 saturated heterocycles. The molecule has 3 rings (SSSR count). The standard InChI is InChI=1S/C12H15F3N6O2S/c1-24(22,23)20-6-4-8(5-7-20)16-9-2-3-10-17-18-11(12(13,14)15)21(10)19-9/h2-3,8H,4-7H2,1H3,(H,16,19). The van der Waals surface area contributed by atoms with Gasteiger partial charge in [-0.1, -0.05) is 0 Å². The van der Waals surface area contributed by atoms with E-state index in [0.717, 1.165) is 6.26 Å². The van der Waals surface area contributed by atoms with E-state index >= 15 is 0 Å². The molecule has 0 spiro atoms. The Morgan fingerprint density at radius 3 is 2.46 bits per heavy atom. The first-order valence-electron chi connectivity index (χ1n) is 7.16. The second kappa shape index (κ2) is 5.84. The monoisotopic (exact) mass is 364 g/mol. The molecule has 1 N–H and O–H groups in total. The maximum Gasteiger partial charge on any atom is 0.453 e. The molecule has 0 atom stereocenters. The van der Waals surface area contributed by atoms with Crippen molar-refractivity contribution in [3.05, 3.63) is 18.0 Å². The minimum Gasteiger partial charge on any atom is -0.366 e. The fraction of sp³-hybridized carbons (Fsp3) is 0.583. The number of sulfonamides is 1. The van der Waals surface area contributed by atoms with Crippen molar-refractivity contribution in [1.29, 1.82) is 0 Å². The van der Waals surface area contributed by atoms with E-state index < -0.39 is 22.0 Å². The third-order valence-corrected chi connectivity index (χ3v) is 5.09. The van der Waals surface area contributed by atoms with Gasteiger partial charge in [-0.15, -0.1) is 15.3 Å². The number of piperidine rings is 1. The molecule has 1 aliphatic heterocycles. The van der Waals surface area contributed by atoms with Crippen molar-refractivity contribution in [2.45, 2.75) is 25.1 Å². The van der Waals surface area contributed by atoms with Crippen LogP contribution in [0.1, 0.15) is 18.7 Å². The van der Waals surface area contributed by atoms with Crippen LogP contribution in [0.15, 0.2) is 12.1 Å². The van der Waals surface area contributed by atoms with Crippen LogP contribution in [0.25, 0.3) is 5.65 Å². The Balaban J connectivity index is 1.75. The second-order valence-electron chi connectivity index (χ2n) is 5.59. The molecule has 0 aliphatic carbocycles. The number of halogens is 3. The molecule has 132 valence electrons. The zero-order valence-electron chi connectivity index (χ0n) is 12.7. The zero-order chi connectivity index (χ0) is 17.5. The van der Waals surface area contributed by atoms with E-state index in [0.29, 0.717) is 30.4 Å². The van der Waals surface area contributed by atoms with E-state index in [1.54, 1.807) is 0 Å². The molecule has 3 heterocycles. The van der Waals surface area contributed by atoms with Crippen molar-refractivity contribution in [2.24, 2.45) is 0 Å². The van der Waals surface area contributed by atoms with Crippen LogP contribution in [0.4, 0.5) is 19.0 Å². The summed E-state index contributed by atoms with van der Waals surface area (Å²) < 4.78 is 63.5. The minimum absolute atomic E-state index is 0.000212. The van der Waals surface area contributed by atoms with Crippen molar-refractivity contribution in [2.75, 3.05) is 24.7 Å². The zero-order valence-corrected chi connectivity index (χ0v) is 13.5. The van der Waals surface area contributed by atoms with Crippen LogP contribution >= 0.6 is 0 Å². The number of fused-ring (bicyclic) bond motifs is 1. The largest absolute Gasteiger partial charge is 0.453 e. The Kier molecular flexibility index (Phi) is 4.11. The fourth-order valence-corrected chi connectivity index (χ4v) is 3.46. The number of aromatic nitrogens is 4. The summed E-state index contributed by atoms with van der Waals surface area (Å²) in [6.45, 7) is 0.721. The van der Waals surface area contributed by atoms with Crippen molar-refractivity contribution in [3.8, 4) is 0 Å². The SMILES string of the molecule is CS(=O)(=O)N1CCC(Nc2ccc3nnc(C(F)(F)F)n3n2)CC1. The number of alkyl halides is 3. The third-order valence-electron chi connectivity index (χ3n) is 3.79. The smallest absolute Gasteiger partial charge is 0.366 e. The number of nitrogens with zero attached hydrogens (tertiary/aromatic N) is 5. The molecule has 0 amide bonds. The molecule has 8 nitrogen and oxygen atoms in total. The number of nitrogens with one attached hydrogen (secondary N) is 1. The van der Waals surface area contributed by atoms with Crippen LogP contribution in [-0.4, -0.2) is 57.9 Å². The first-order chi connectivity index (χ1) is 11.1. The molecule has 1 fully saturated rings. The lowest BCUT2D eigenvalue weighted by molar-refractivity contribution is -0.146. The Morgan fingerprint density at radius 2 is 1.88 bits per heavy atom. The maximum atomic E-state index is 12.9. The third kappa shape index (κ3) is 3.43. The van der Waals surface area contributed by atoms with Gasteiger partial charge in [-0.25, -0.2) is 12.7 Å². The number of rotatable bonds is 3. The molecular weight excluding hydrogens is 349 g/mol. The lowest BCUT2D eigenvalue weighted by Crippen LogP contribution is -2.42. The van der Waals surface area contributed by atoms with Crippen molar-refractivity contribution in [3.63, 3.8) is 0 Å². The van der Waals surface area contributed by atoms with Gasteiger partial charge in [-0.3, -0.25) is 0 Å². The normalized spacial score (nSPS) is 18.2. The summed E-state index contributed by atoms with van der Waals surface area (Å²) in [5, 5.41) is 13.5. The van der Waals surface area contributed by atoms with Gasteiger partial charge in [0.05, 0.1) is 6.26 Å². The highest BCUT2D eigenvalue weighted by Crippen LogP contribution is 2.27. The molecule has 2 aromatic rings. The van der Waals surface area contributed by atoms with Crippen LogP contribution in [0.3, 0.4) is 0 Å². The first-order valence-corrected chi connectivity index (χ1v) is 9.01. The Labute approximate surface area is 135 Å². The van der Waals surface area contributed by atoms with E-state index in [4.69, 9.17) is 0 Å². The first kappa shape index (κ1) is 16.9. The average Bonchev–Trinajstić information content (AvgIpc) is 2.90. The van der Waals surface area contributed by atoms with Crippen LogP contribution in [0, 0.1) is 0 Å². The van der Waals surface area contributed by atoms with Gasteiger partial charge >= 0.3 is 6.18 Å². The second-order valence-corrected chi connectivity index (χ2v) is 7.57. The summed E-state index contributed by atoms with van der Waals surface area (Å²) in [6.07, 6.45) is -2.41. The summed E-state index contributed by atoms with van der Waals surface area (Å²) in [4.78, 5) is 0. The molecule has 0 unspecified atom stereocenters. The highest BCUT2D eigenvalue weighted by atomic mass is 32.2. The van der Waals surface area contributed by atoms with Crippen molar-refractivity contribution in [1.82, 2.24) is 24.1 Å². The molecular formula is C12H15F3N6O2S. The molecule has 0 saturated carbocycles. The summed E-state index contributed by atoms with van der Waals surface area (Å²) >= 11 is 0. The van der Waals surface area contributed by atoms with Gasteiger partial charge in [0, 0.05) is 19.1 Å². The molecule has 0 aromatic carbocycles. The van der Waals surface area contributed by atoms with Gasteiger partial charge in [0.1, 0.15) is 5.82 Å². The Bertz CT molecular complexity index is 842.